The minimum absolute atomic E-state index is 0.0515. The maximum atomic E-state index is 14.2. The van der Waals surface area contributed by atoms with E-state index >= 15 is 0 Å². The smallest absolute Gasteiger partial charge is 0.408 e. The van der Waals surface area contributed by atoms with E-state index in [4.69, 9.17) is 4.74 Å². The van der Waals surface area contributed by atoms with Crippen molar-refractivity contribution in [3.05, 3.63) is 0 Å². The molecule has 0 bridgehead atoms. The molecule has 224 valence electrons. The fourth-order valence-corrected chi connectivity index (χ4v) is 6.75. The van der Waals surface area contributed by atoms with Gasteiger partial charge in [0.2, 0.25) is 17.6 Å². The first-order chi connectivity index (χ1) is 18.7. The summed E-state index contributed by atoms with van der Waals surface area (Å²) in [5, 5.41) is 5.68. The van der Waals surface area contributed by atoms with E-state index in [9.17, 15) is 24.0 Å². The Balaban J connectivity index is 1.55. The van der Waals surface area contributed by atoms with E-state index in [0.717, 1.165) is 44.9 Å². The number of Topliss-reactive ketones (excluding diaryl/α,β-unsaturated/α-hetero) is 1. The monoisotopic (exact) mass is 562 g/mol. The number of alkyl carbamates (subject to hydrolysis) is 1. The number of hydroxylamine groups is 1. The van der Waals surface area contributed by atoms with Crippen molar-refractivity contribution in [3.8, 4) is 0 Å². The summed E-state index contributed by atoms with van der Waals surface area (Å²) in [5.41, 5.74) is 1.19. The highest BCUT2D eigenvalue weighted by atomic mass is 16.6. The van der Waals surface area contributed by atoms with Gasteiger partial charge in [0.1, 0.15) is 17.7 Å². The van der Waals surface area contributed by atoms with Crippen LogP contribution in [-0.4, -0.2) is 71.9 Å². The van der Waals surface area contributed by atoms with Crippen LogP contribution in [0.2, 0.25) is 0 Å². The zero-order valence-corrected chi connectivity index (χ0v) is 24.7. The predicted octanol–water partition coefficient (Wildman–Crippen LogP) is 2.47. The summed E-state index contributed by atoms with van der Waals surface area (Å²) in [6.45, 7) is 9.88. The van der Waals surface area contributed by atoms with Crippen LogP contribution >= 0.6 is 0 Å². The fourth-order valence-electron chi connectivity index (χ4n) is 6.75. The number of nitrogens with one attached hydrogen (secondary N) is 3. The second kappa shape index (κ2) is 11.7. The molecule has 11 heteroatoms. The highest BCUT2D eigenvalue weighted by Gasteiger charge is 2.69. The summed E-state index contributed by atoms with van der Waals surface area (Å²) in [7, 11) is 1.24. The second-order valence-corrected chi connectivity index (χ2v) is 13.7. The van der Waals surface area contributed by atoms with Gasteiger partial charge in [0, 0.05) is 6.54 Å². The third kappa shape index (κ3) is 6.78. The van der Waals surface area contributed by atoms with Gasteiger partial charge in [-0.15, -0.1) is 0 Å². The molecule has 0 aromatic rings. The van der Waals surface area contributed by atoms with Gasteiger partial charge in [0.15, 0.2) is 0 Å². The maximum absolute atomic E-state index is 14.2. The highest BCUT2D eigenvalue weighted by Crippen LogP contribution is 2.65. The Labute approximate surface area is 236 Å². The topological polar surface area (TPSA) is 143 Å². The first-order valence-electron chi connectivity index (χ1n) is 14.7. The van der Waals surface area contributed by atoms with Crippen LogP contribution in [0.25, 0.3) is 0 Å². The van der Waals surface area contributed by atoms with E-state index < -0.39 is 47.4 Å². The lowest BCUT2D eigenvalue weighted by Crippen LogP contribution is -2.60. The second-order valence-electron chi connectivity index (χ2n) is 13.7. The van der Waals surface area contributed by atoms with Gasteiger partial charge in [0.25, 0.3) is 0 Å². The number of carbonyl (C=O) groups excluding carboxylic acids is 5. The van der Waals surface area contributed by atoms with Crippen LogP contribution in [0.4, 0.5) is 4.79 Å². The van der Waals surface area contributed by atoms with E-state index in [0.29, 0.717) is 13.0 Å². The first-order valence-corrected chi connectivity index (χ1v) is 14.7. The van der Waals surface area contributed by atoms with Gasteiger partial charge in [-0.2, -0.15) is 0 Å². The van der Waals surface area contributed by atoms with Gasteiger partial charge in [0.05, 0.1) is 13.2 Å². The molecule has 3 saturated carbocycles. The molecule has 11 nitrogen and oxygen atoms in total. The predicted molar refractivity (Wildman–Crippen MR) is 145 cm³/mol. The summed E-state index contributed by atoms with van der Waals surface area (Å²) < 4.78 is 5.49. The number of piperidine rings is 1. The third-order valence-electron chi connectivity index (χ3n) is 9.14. The van der Waals surface area contributed by atoms with E-state index in [1.807, 2.05) is 5.48 Å². The largest absolute Gasteiger partial charge is 0.444 e. The van der Waals surface area contributed by atoms with Crippen LogP contribution in [0.1, 0.15) is 86.0 Å². The third-order valence-corrected chi connectivity index (χ3v) is 9.14. The molecule has 0 spiro atoms. The zero-order chi connectivity index (χ0) is 29.4. The van der Waals surface area contributed by atoms with Gasteiger partial charge in [-0.1, -0.05) is 46.0 Å². The van der Waals surface area contributed by atoms with Gasteiger partial charge in [-0.05, 0) is 69.1 Å². The number of amides is 4. The molecule has 0 aromatic heterocycles. The summed E-state index contributed by atoms with van der Waals surface area (Å²) in [6, 6.07) is -2.59. The molecule has 1 aliphatic heterocycles. The summed E-state index contributed by atoms with van der Waals surface area (Å²) in [4.78, 5) is 72.2. The minimum atomic E-state index is -0.998. The molecule has 4 aliphatic rings. The summed E-state index contributed by atoms with van der Waals surface area (Å²) in [6.07, 6.45) is 6.25. The summed E-state index contributed by atoms with van der Waals surface area (Å²) >= 11 is 0. The van der Waals surface area contributed by atoms with Crippen molar-refractivity contribution in [1.29, 1.82) is 0 Å². The van der Waals surface area contributed by atoms with Crippen LogP contribution in [0, 0.1) is 29.1 Å². The highest BCUT2D eigenvalue weighted by molar-refractivity contribution is 6.38. The molecule has 3 N–H and O–H groups in total. The Bertz CT molecular complexity index is 1010. The molecular formula is C29H46N4O7. The van der Waals surface area contributed by atoms with Gasteiger partial charge in [-0.3, -0.25) is 24.0 Å². The number of ether oxygens (including phenoxy) is 1. The molecule has 4 fully saturated rings. The molecule has 1 heterocycles. The fraction of sp³-hybridized carbons (Fsp3) is 0.828. The molecule has 0 aromatic carbocycles. The van der Waals surface area contributed by atoms with Gasteiger partial charge < -0.3 is 20.3 Å². The van der Waals surface area contributed by atoms with Crippen molar-refractivity contribution in [3.63, 3.8) is 0 Å². The Morgan fingerprint density at radius 1 is 0.975 bits per heavy atom. The average molecular weight is 563 g/mol. The Kier molecular flexibility index (Phi) is 8.82. The van der Waals surface area contributed by atoms with E-state index in [1.54, 1.807) is 25.7 Å². The molecule has 40 heavy (non-hydrogen) atoms. The standard InChI is InChI=1S/C29H46N4O7/c1-28(2,3)40-27(38)31-21(17-10-8-7-9-11-17)26(37)33-15-18-20(29(18,4)5)22(33)24(35)30-19(14-16-12-13-16)23(34)25(36)32-39-6/h16-22H,7-15H2,1-6H3,(H,30,35)(H,31,38)(H,32,36)/t18-,19?,20-,21-,22-/m0/s1. The lowest BCUT2D eigenvalue weighted by atomic mass is 9.83. The molecule has 0 radical (unpaired) electrons. The number of likely N-dealkylation sites (tertiary alicyclic amines) is 1. The van der Waals surface area contributed by atoms with Crippen molar-refractivity contribution in [2.24, 2.45) is 29.1 Å². The van der Waals surface area contributed by atoms with Crippen molar-refractivity contribution in [1.82, 2.24) is 21.0 Å². The lowest BCUT2D eigenvalue weighted by Gasteiger charge is -2.37. The van der Waals surface area contributed by atoms with E-state index in [1.165, 1.54) is 7.11 Å². The lowest BCUT2D eigenvalue weighted by molar-refractivity contribution is -0.147. The van der Waals surface area contributed by atoms with Gasteiger partial charge >= 0.3 is 12.0 Å². The van der Waals surface area contributed by atoms with Crippen molar-refractivity contribution in [2.75, 3.05) is 13.7 Å². The number of carbonyl (C=O) groups is 5. The maximum Gasteiger partial charge on any atom is 0.408 e. The number of hydrogen-bond acceptors (Lipinski definition) is 7. The minimum Gasteiger partial charge on any atom is -0.444 e. The number of hydrogen-bond donors (Lipinski definition) is 3. The molecular weight excluding hydrogens is 516 g/mol. The number of rotatable bonds is 10. The quantitative estimate of drug-likeness (QED) is 0.274. The average Bonchev–Trinajstić information content (AvgIpc) is 3.73. The molecule has 3 aliphatic carbocycles. The molecule has 4 amide bonds. The van der Waals surface area contributed by atoms with Crippen LogP contribution in [0.3, 0.4) is 0 Å². The van der Waals surface area contributed by atoms with Crippen molar-refractivity contribution >= 4 is 29.6 Å². The number of nitrogens with zero attached hydrogens (tertiary/aromatic N) is 1. The van der Waals surface area contributed by atoms with Crippen molar-refractivity contribution in [2.45, 2.75) is 110 Å². The number of fused-ring (bicyclic) bond motifs is 1. The van der Waals surface area contributed by atoms with Crippen LogP contribution < -0.4 is 16.1 Å². The normalized spacial score (nSPS) is 27.1. The van der Waals surface area contributed by atoms with Gasteiger partial charge in [-0.25, -0.2) is 10.3 Å². The molecule has 1 unspecified atom stereocenters. The van der Waals surface area contributed by atoms with Crippen molar-refractivity contribution < 1.29 is 33.5 Å². The first kappa shape index (κ1) is 30.3. The van der Waals surface area contributed by atoms with Crippen LogP contribution in [0.15, 0.2) is 0 Å². The number of ketones is 1. The summed E-state index contributed by atoms with van der Waals surface area (Å²) in [5.74, 6) is -2.13. The Morgan fingerprint density at radius 3 is 2.20 bits per heavy atom. The molecule has 1 saturated heterocycles. The van der Waals surface area contributed by atoms with Crippen LogP contribution in [-0.2, 0) is 28.8 Å². The molecule has 4 rings (SSSR count). The van der Waals surface area contributed by atoms with E-state index in [2.05, 4.69) is 29.3 Å². The Hall–Kier alpha value is -2.69. The van der Waals surface area contributed by atoms with Crippen LogP contribution in [0.5, 0.6) is 0 Å². The molecule has 5 atom stereocenters. The zero-order valence-electron chi connectivity index (χ0n) is 24.7. The SMILES string of the molecule is CONC(=O)C(=O)C(CC1CC1)NC(=O)[C@@H]1[C@@H]2[C@H](CN1C(=O)[C@@H](NC(=O)OC(C)(C)C)C1CCCCC1)C2(C)C. The Morgan fingerprint density at radius 2 is 1.62 bits per heavy atom. The van der Waals surface area contributed by atoms with E-state index in [-0.39, 0.29) is 35.0 Å².